The lowest BCUT2D eigenvalue weighted by molar-refractivity contribution is -0.115. The first-order chi connectivity index (χ1) is 5.39. The third kappa shape index (κ3) is 3.52. The Morgan fingerprint density at radius 3 is 1.67 bits per heavy atom. The van der Waals surface area contributed by atoms with Crippen molar-refractivity contribution in [2.75, 3.05) is 0 Å². The van der Waals surface area contributed by atoms with Gasteiger partial charge in [-0.1, -0.05) is 33.5 Å². The van der Waals surface area contributed by atoms with Gasteiger partial charge in [0.25, 0.3) is 0 Å². The molecule has 0 amide bonds. The van der Waals surface area contributed by atoms with Gasteiger partial charge in [0.1, 0.15) is 6.29 Å². The van der Waals surface area contributed by atoms with Crippen molar-refractivity contribution in [3.8, 4) is 0 Å². The molecule has 72 valence electrons. The van der Waals surface area contributed by atoms with E-state index in [2.05, 4.69) is 33.5 Å². The van der Waals surface area contributed by atoms with Crippen molar-refractivity contribution < 1.29 is 4.79 Å². The van der Waals surface area contributed by atoms with E-state index in [1.54, 1.807) is 0 Å². The minimum absolute atomic E-state index is 0.00945. The molecule has 0 aliphatic heterocycles. The predicted molar refractivity (Wildman–Crippen MR) is 57.2 cm³/mol. The van der Waals surface area contributed by atoms with Gasteiger partial charge >= 0.3 is 0 Å². The lowest BCUT2D eigenvalue weighted by atomic mass is 9.86. The fraction of sp³-hybridized carbons (Fsp3) is 0.900. The van der Waals surface area contributed by atoms with E-state index < -0.39 is 8.07 Å². The molecule has 0 radical (unpaired) electrons. The van der Waals surface area contributed by atoms with Gasteiger partial charge in [-0.2, -0.15) is 0 Å². The molecule has 0 aliphatic rings. The van der Waals surface area contributed by atoms with Crippen molar-refractivity contribution in [1.29, 1.82) is 0 Å². The van der Waals surface area contributed by atoms with Crippen LogP contribution in [0.1, 0.15) is 26.7 Å². The highest BCUT2D eigenvalue weighted by molar-refractivity contribution is 6.76. The van der Waals surface area contributed by atoms with Crippen molar-refractivity contribution >= 4 is 14.4 Å². The lowest BCUT2D eigenvalue weighted by Gasteiger charge is -2.31. The molecule has 0 saturated heterocycles. The summed E-state index contributed by atoms with van der Waals surface area (Å²) in [5.41, 5.74) is -0.00945. The molecule has 12 heavy (non-hydrogen) atoms. The molecule has 0 aromatic carbocycles. The number of hydrogen-bond donors (Lipinski definition) is 0. The molecule has 0 aromatic rings. The maximum atomic E-state index is 11.0. The third-order valence-corrected chi connectivity index (χ3v) is 4.31. The van der Waals surface area contributed by atoms with Gasteiger partial charge in [-0.05, 0) is 18.9 Å². The minimum Gasteiger partial charge on any atom is -0.303 e. The Balaban J connectivity index is 4.41. The van der Waals surface area contributed by atoms with Gasteiger partial charge in [0.05, 0.1) is 0 Å². The molecular weight excluding hydrogens is 164 g/mol. The van der Waals surface area contributed by atoms with Crippen LogP contribution in [-0.4, -0.2) is 14.4 Å². The second kappa shape index (κ2) is 4.22. The van der Waals surface area contributed by atoms with Crippen LogP contribution in [0.5, 0.6) is 0 Å². The summed E-state index contributed by atoms with van der Waals surface area (Å²) in [4.78, 5) is 11.0. The Labute approximate surface area is 77.6 Å². The average molecular weight is 186 g/mol. The molecule has 2 heteroatoms. The van der Waals surface area contributed by atoms with Crippen LogP contribution in [0.2, 0.25) is 25.7 Å². The summed E-state index contributed by atoms with van der Waals surface area (Å²) in [6.07, 6.45) is 3.18. The summed E-state index contributed by atoms with van der Waals surface area (Å²) in [5, 5.41) is 0. The summed E-state index contributed by atoms with van der Waals surface area (Å²) < 4.78 is 0. The highest BCUT2D eigenvalue weighted by Crippen LogP contribution is 2.33. The van der Waals surface area contributed by atoms with E-state index >= 15 is 0 Å². The molecule has 0 spiro atoms. The number of rotatable bonds is 5. The van der Waals surface area contributed by atoms with E-state index in [-0.39, 0.29) is 5.41 Å². The summed E-state index contributed by atoms with van der Waals surface area (Å²) in [7, 11) is -1.09. The third-order valence-electron chi connectivity index (χ3n) is 2.54. The van der Waals surface area contributed by atoms with Crippen LogP contribution in [0.25, 0.3) is 0 Å². The normalized spacial score (nSPS) is 13.1. The lowest BCUT2D eigenvalue weighted by Crippen LogP contribution is -2.33. The Hall–Kier alpha value is -0.113. The Bertz CT molecular complexity index is 142. The maximum absolute atomic E-state index is 11.0. The number of aldehydes is 1. The monoisotopic (exact) mass is 186 g/mol. The molecule has 0 atom stereocenters. The van der Waals surface area contributed by atoms with Gasteiger partial charge in [-0.15, -0.1) is 0 Å². The topological polar surface area (TPSA) is 17.1 Å². The van der Waals surface area contributed by atoms with E-state index in [0.29, 0.717) is 0 Å². The van der Waals surface area contributed by atoms with Gasteiger partial charge in [0, 0.05) is 13.5 Å². The molecule has 0 aromatic heterocycles. The number of hydrogen-bond acceptors (Lipinski definition) is 1. The molecule has 1 nitrogen and oxygen atoms in total. The zero-order chi connectivity index (χ0) is 9.83. The van der Waals surface area contributed by atoms with Crippen LogP contribution in [0.3, 0.4) is 0 Å². The van der Waals surface area contributed by atoms with Gasteiger partial charge in [0.2, 0.25) is 0 Å². The van der Waals surface area contributed by atoms with Crippen molar-refractivity contribution in [3.05, 3.63) is 0 Å². The van der Waals surface area contributed by atoms with Gasteiger partial charge in [-0.3, -0.25) is 0 Å². The minimum atomic E-state index is -1.09. The van der Waals surface area contributed by atoms with Gasteiger partial charge < -0.3 is 4.79 Å². The van der Waals surface area contributed by atoms with Crippen molar-refractivity contribution in [1.82, 2.24) is 0 Å². The fourth-order valence-electron chi connectivity index (χ4n) is 1.76. The van der Waals surface area contributed by atoms with Crippen molar-refractivity contribution in [3.63, 3.8) is 0 Å². The van der Waals surface area contributed by atoms with E-state index in [4.69, 9.17) is 0 Å². The molecule has 0 N–H and O–H groups in total. The summed E-state index contributed by atoms with van der Waals surface area (Å²) in [6.45, 7) is 11.2. The first-order valence-corrected chi connectivity index (χ1v) is 8.56. The van der Waals surface area contributed by atoms with Crippen LogP contribution in [0, 0.1) is 5.41 Å². The first kappa shape index (κ1) is 11.9. The number of carbonyl (C=O) groups is 1. The standard InChI is InChI=1S/C10H22OSi/c1-6-10(7-2,8-11)9-12(3,4)5/h8H,6-7,9H2,1-5H3. The highest BCUT2D eigenvalue weighted by Gasteiger charge is 2.31. The average Bonchev–Trinajstić information content (AvgIpc) is 1.99. The molecular formula is C10H22OSi. The van der Waals surface area contributed by atoms with E-state index in [1.165, 1.54) is 6.29 Å². The number of carbonyl (C=O) groups excluding carboxylic acids is 1. The van der Waals surface area contributed by atoms with Crippen LogP contribution in [0.4, 0.5) is 0 Å². The fourth-order valence-corrected chi connectivity index (χ4v) is 4.46. The Kier molecular flexibility index (Phi) is 4.18. The smallest absolute Gasteiger partial charge is 0.125 e. The molecule has 0 bridgehead atoms. The van der Waals surface area contributed by atoms with Crippen LogP contribution < -0.4 is 0 Å². The molecule has 0 rings (SSSR count). The predicted octanol–water partition coefficient (Wildman–Crippen LogP) is 3.33. The second-order valence-electron chi connectivity index (χ2n) is 4.92. The molecule has 0 unspecified atom stereocenters. The maximum Gasteiger partial charge on any atom is 0.125 e. The molecule has 0 aliphatic carbocycles. The van der Waals surface area contributed by atoms with Crippen molar-refractivity contribution in [2.45, 2.75) is 52.4 Å². The van der Waals surface area contributed by atoms with Crippen molar-refractivity contribution in [2.24, 2.45) is 5.41 Å². The van der Waals surface area contributed by atoms with Gasteiger partial charge in [-0.25, -0.2) is 0 Å². The zero-order valence-electron chi connectivity index (χ0n) is 9.11. The van der Waals surface area contributed by atoms with E-state index in [0.717, 1.165) is 18.9 Å². The van der Waals surface area contributed by atoms with Crippen LogP contribution in [-0.2, 0) is 4.79 Å². The largest absolute Gasteiger partial charge is 0.303 e. The SMILES string of the molecule is CCC(C=O)(CC)C[Si](C)(C)C. The quantitative estimate of drug-likeness (QED) is 0.475. The summed E-state index contributed by atoms with van der Waals surface area (Å²) in [6, 6.07) is 1.14. The molecule has 0 saturated carbocycles. The van der Waals surface area contributed by atoms with Gasteiger partial charge in [0.15, 0.2) is 0 Å². The van der Waals surface area contributed by atoms with E-state index in [9.17, 15) is 4.79 Å². The summed E-state index contributed by atoms with van der Waals surface area (Å²) in [5.74, 6) is 0. The Morgan fingerprint density at radius 2 is 1.58 bits per heavy atom. The zero-order valence-corrected chi connectivity index (χ0v) is 10.1. The first-order valence-electron chi connectivity index (χ1n) is 4.85. The van der Waals surface area contributed by atoms with E-state index in [1.807, 2.05) is 0 Å². The molecule has 0 fully saturated rings. The van der Waals surface area contributed by atoms with Crippen LogP contribution >= 0.6 is 0 Å². The van der Waals surface area contributed by atoms with Crippen LogP contribution in [0.15, 0.2) is 0 Å². The molecule has 0 heterocycles. The second-order valence-corrected chi connectivity index (χ2v) is 10.4. The Morgan fingerprint density at radius 1 is 1.17 bits per heavy atom. The summed E-state index contributed by atoms with van der Waals surface area (Å²) >= 11 is 0. The highest BCUT2D eigenvalue weighted by atomic mass is 28.3.